The molecule has 0 aromatic heterocycles. The third-order valence-electron chi connectivity index (χ3n) is 3.02. The molecule has 0 fully saturated rings. The first-order chi connectivity index (χ1) is 10.1. The molecule has 2 aromatic rings. The number of nitrogen functional groups attached to an aromatic ring is 1. The predicted molar refractivity (Wildman–Crippen MR) is 79.8 cm³/mol. The van der Waals surface area contributed by atoms with E-state index in [-0.39, 0.29) is 17.2 Å². The topological polar surface area (TPSA) is 64.3 Å². The average molecular weight is 288 g/mol. The fourth-order valence-electron chi connectivity index (χ4n) is 1.99. The largest absolute Gasteiger partial charge is 0.497 e. The number of nitrogens with two attached hydrogens (primary N) is 1. The van der Waals surface area contributed by atoms with Crippen LogP contribution in [0.15, 0.2) is 42.5 Å². The van der Waals surface area contributed by atoms with Gasteiger partial charge in [0.2, 0.25) is 0 Å². The smallest absolute Gasteiger partial charge is 0.251 e. The minimum Gasteiger partial charge on any atom is -0.497 e. The summed E-state index contributed by atoms with van der Waals surface area (Å²) in [5.74, 6) is -0.0891. The summed E-state index contributed by atoms with van der Waals surface area (Å²) in [5.41, 5.74) is 7.01. The first kappa shape index (κ1) is 14.8. The number of hydrogen-bond acceptors (Lipinski definition) is 3. The molecule has 0 saturated carbocycles. The molecule has 0 aliphatic rings. The highest BCUT2D eigenvalue weighted by atomic mass is 19.1. The highest BCUT2D eigenvalue weighted by Gasteiger charge is 2.07. The number of methoxy groups -OCH3 is 1. The molecule has 2 aromatic carbocycles. The molecule has 0 radical (unpaired) electrons. The molecular weight excluding hydrogens is 271 g/mol. The van der Waals surface area contributed by atoms with E-state index >= 15 is 0 Å². The normalized spacial score (nSPS) is 10.2. The van der Waals surface area contributed by atoms with Crippen LogP contribution in [0, 0.1) is 5.82 Å². The third kappa shape index (κ3) is 4.21. The summed E-state index contributed by atoms with van der Waals surface area (Å²) < 4.78 is 18.3. The lowest BCUT2D eigenvalue weighted by Gasteiger charge is -2.07. The SMILES string of the molecule is COc1cccc(CCNC(=O)c2cc(N)cc(F)c2)c1. The second kappa shape index (κ2) is 6.74. The summed E-state index contributed by atoms with van der Waals surface area (Å²) in [7, 11) is 1.61. The van der Waals surface area contributed by atoms with Crippen LogP contribution in [0.3, 0.4) is 0 Å². The van der Waals surface area contributed by atoms with Crippen molar-refractivity contribution in [1.29, 1.82) is 0 Å². The Morgan fingerprint density at radius 3 is 2.81 bits per heavy atom. The van der Waals surface area contributed by atoms with Crippen LogP contribution in [-0.2, 0) is 6.42 Å². The van der Waals surface area contributed by atoms with Crippen molar-refractivity contribution in [2.75, 3.05) is 19.4 Å². The van der Waals surface area contributed by atoms with Gasteiger partial charge in [-0.25, -0.2) is 4.39 Å². The summed E-state index contributed by atoms with van der Waals surface area (Å²) in [6.07, 6.45) is 0.660. The van der Waals surface area contributed by atoms with Crippen LogP contribution in [0.4, 0.5) is 10.1 Å². The molecule has 0 bridgehead atoms. The second-order valence-corrected chi connectivity index (χ2v) is 4.63. The van der Waals surface area contributed by atoms with Gasteiger partial charge >= 0.3 is 0 Å². The second-order valence-electron chi connectivity index (χ2n) is 4.63. The summed E-state index contributed by atoms with van der Waals surface area (Å²) in [6.45, 7) is 0.447. The molecule has 21 heavy (non-hydrogen) atoms. The number of amides is 1. The number of carbonyl (C=O) groups is 1. The average Bonchev–Trinajstić information content (AvgIpc) is 2.46. The van der Waals surface area contributed by atoms with Crippen molar-refractivity contribution < 1.29 is 13.9 Å². The fourth-order valence-corrected chi connectivity index (χ4v) is 1.99. The van der Waals surface area contributed by atoms with Gasteiger partial charge in [-0.15, -0.1) is 0 Å². The van der Waals surface area contributed by atoms with Crippen molar-refractivity contribution in [2.45, 2.75) is 6.42 Å². The van der Waals surface area contributed by atoms with Crippen LogP contribution < -0.4 is 15.8 Å². The molecule has 0 aliphatic carbocycles. The van der Waals surface area contributed by atoms with Gasteiger partial charge in [0.1, 0.15) is 11.6 Å². The van der Waals surface area contributed by atoms with Gasteiger partial charge in [-0.2, -0.15) is 0 Å². The van der Waals surface area contributed by atoms with E-state index in [0.29, 0.717) is 13.0 Å². The molecule has 1 amide bonds. The van der Waals surface area contributed by atoms with E-state index in [1.807, 2.05) is 24.3 Å². The lowest BCUT2D eigenvalue weighted by atomic mass is 10.1. The maximum Gasteiger partial charge on any atom is 0.251 e. The molecule has 5 heteroatoms. The summed E-state index contributed by atoms with van der Waals surface area (Å²) in [5, 5.41) is 2.74. The Bertz CT molecular complexity index is 624. The number of carbonyl (C=O) groups excluding carboxylic acids is 1. The Morgan fingerprint density at radius 1 is 1.29 bits per heavy atom. The van der Waals surface area contributed by atoms with Crippen LogP contribution in [0.2, 0.25) is 0 Å². The van der Waals surface area contributed by atoms with Gasteiger partial charge in [0.15, 0.2) is 0 Å². The van der Waals surface area contributed by atoms with Crippen molar-refractivity contribution in [3.05, 3.63) is 59.4 Å². The number of ether oxygens (including phenoxy) is 1. The summed E-state index contributed by atoms with van der Waals surface area (Å²) >= 11 is 0. The number of anilines is 1. The van der Waals surface area contributed by atoms with Gasteiger partial charge in [-0.3, -0.25) is 4.79 Å². The van der Waals surface area contributed by atoms with E-state index in [0.717, 1.165) is 17.4 Å². The van der Waals surface area contributed by atoms with Crippen molar-refractivity contribution in [3.8, 4) is 5.75 Å². The molecule has 4 nitrogen and oxygen atoms in total. The molecule has 110 valence electrons. The summed E-state index contributed by atoms with van der Waals surface area (Å²) in [6, 6.07) is 11.4. The van der Waals surface area contributed by atoms with E-state index in [1.54, 1.807) is 7.11 Å². The highest BCUT2D eigenvalue weighted by molar-refractivity contribution is 5.95. The zero-order chi connectivity index (χ0) is 15.2. The molecule has 0 unspecified atom stereocenters. The van der Waals surface area contributed by atoms with Crippen LogP contribution >= 0.6 is 0 Å². The van der Waals surface area contributed by atoms with Gasteiger partial charge in [-0.05, 0) is 42.3 Å². The minimum atomic E-state index is -0.520. The zero-order valence-electron chi connectivity index (χ0n) is 11.7. The van der Waals surface area contributed by atoms with Crippen molar-refractivity contribution in [3.63, 3.8) is 0 Å². The van der Waals surface area contributed by atoms with Gasteiger partial charge in [-0.1, -0.05) is 12.1 Å². The van der Waals surface area contributed by atoms with Crippen LogP contribution in [-0.4, -0.2) is 19.6 Å². The fraction of sp³-hybridized carbons (Fsp3) is 0.188. The van der Waals surface area contributed by atoms with Crippen molar-refractivity contribution in [1.82, 2.24) is 5.32 Å². The van der Waals surface area contributed by atoms with E-state index in [1.165, 1.54) is 12.1 Å². The first-order valence-corrected chi connectivity index (χ1v) is 6.55. The Labute approximate surface area is 122 Å². The van der Waals surface area contributed by atoms with E-state index in [4.69, 9.17) is 10.5 Å². The van der Waals surface area contributed by atoms with E-state index in [9.17, 15) is 9.18 Å². The first-order valence-electron chi connectivity index (χ1n) is 6.55. The molecule has 0 aliphatic heterocycles. The van der Waals surface area contributed by atoms with E-state index in [2.05, 4.69) is 5.32 Å². The van der Waals surface area contributed by atoms with Crippen LogP contribution in [0.5, 0.6) is 5.75 Å². The molecule has 0 saturated heterocycles. The number of hydrogen-bond donors (Lipinski definition) is 2. The monoisotopic (exact) mass is 288 g/mol. The molecule has 2 rings (SSSR count). The maximum atomic E-state index is 13.2. The van der Waals surface area contributed by atoms with Crippen molar-refractivity contribution in [2.24, 2.45) is 0 Å². The zero-order valence-corrected chi connectivity index (χ0v) is 11.7. The lowest BCUT2D eigenvalue weighted by molar-refractivity contribution is 0.0953. The van der Waals surface area contributed by atoms with Gasteiger partial charge in [0.25, 0.3) is 5.91 Å². The quantitative estimate of drug-likeness (QED) is 0.830. The Hall–Kier alpha value is -2.56. The molecule has 3 N–H and O–H groups in total. The lowest BCUT2D eigenvalue weighted by Crippen LogP contribution is -2.25. The van der Waals surface area contributed by atoms with Crippen LogP contribution in [0.1, 0.15) is 15.9 Å². The molecule has 0 spiro atoms. The number of halogens is 1. The highest BCUT2D eigenvalue weighted by Crippen LogP contribution is 2.13. The Balaban J connectivity index is 1.92. The minimum absolute atomic E-state index is 0.221. The van der Waals surface area contributed by atoms with E-state index < -0.39 is 5.82 Å². The molecule has 0 heterocycles. The van der Waals surface area contributed by atoms with Crippen LogP contribution in [0.25, 0.3) is 0 Å². The standard InChI is InChI=1S/C16H17FN2O2/c1-21-15-4-2-3-11(7-15)5-6-19-16(20)12-8-13(17)10-14(18)9-12/h2-4,7-10H,5-6,18H2,1H3,(H,19,20). The Morgan fingerprint density at radius 2 is 2.10 bits per heavy atom. The van der Waals surface area contributed by atoms with Gasteiger partial charge < -0.3 is 15.8 Å². The number of nitrogens with one attached hydrogen (secondary N) is 1. The maximum absolute atomic E-state index is 13.2. The Kier molecular flexibility index (Phi) is 4.77. The van der Waals surface area contributed by atoms with Gasteiger partial charge in [0, 0.05) is 17.8 Å². The number of benzene rings is 2. The number of rotatable bonds is 5. The van der Waals surface area contributed by atoms with Crippen molar-refractivity contribution >= 4 is 11.6 Å². The summed E-state index contributed by atoms with van der Waals surface area (Å²) in [4.78, 5) is 11.9. The van der Waals surface area contributed by atoms with Gasteiger partial charge in [0.05, 0.1) is 7.11 Å². The predicted octanol–water partition coefficient (Wildman–Crippen LogP) is 2.39. The molecule has 0 atom stereocenters. The third-order valence-corrected chi connectivity index (χ3v) is 3.02. The molecular formula is C16H17FN2O2.